The van der Waals surface area contributed by atoms with Crippen LogP contribution in [0.4, 0.5) is 0 Å². The van der Waals surface area contributed by atoms with Crippen molar-refractivity contribution in [1.29, 1.82) is 0 Å². The van der Waals surface area contributed by atoms with Crippen molar-refractivity contribution in [2.24, 2.45) is 72.7 Å². The van der Waals surface area contributed by atoms with Crippen molar-refractivity contribution in [2.45, 2.75) is 259 Å². The van der Waals surface area contributed by atoms with Gasteiger partial charge in [-0.05, 0) is 82.0 Å². The molecule has 8 heterocycles. The van der Waals surface area contributed by atoms with Crippen LogP contribution in [0, 0.1) is 67.0 Å². The van der Waals surface area contributed by atoms with Gasteiger partial charge in [0.15, 0.2) is 0 Å². The maximum absolute atomic E-state index is 11.9. The summed E-state index contributed by atoms with van der Waals surface area (Å²) in [7, 11) is 0. The number of ether oxygens (including phenoxy) is 1. The summed E-state index contributed by atoms with van der Waals surface area (Å²) < 4.78 is 5.17. The summed E-state index contributed by atoms with van der Waals surface area (Å²) in [5.74, 6) is 4.72. The molecule has 0 radical (unpaired) electrons. The number of amides is 8. The lowest BCUT2D eigenvalue weighted by Crippen LogP contribution is -2.52. The second kappa shape index (κ2) is 39.3. The largest absolute Gasteiger partial charge is 0.402 e. The van der Waals surface area contributed by atoms with Crippen molar-refractivity contribution in [1.82, 2.24) is 39.2 Å². The number of likely N-dealkylation sites (tertiary alicyclic amines) is 7. The van der Waals surface area contributed by atoms with Crippen LogP contribution in [0.1, 0.15) is 259 Å². The summed E-state index contributed by atoms with van der Waals surface area (Å²) in [5.41, 5.74) is 4.63. The number of morpholine rings is 1. The molecule has 0 aromatic rings. The molecule has 2 atom stereocenters. The van der Waals surface area contributed by atoms with Gasteiger partial charge < -0.3 is 49.7 Å². The lowest BCUT2D eigenvalue weighted by Gasteiger charge is -2.40. The molecule has 2 unspecified atom stereocenters. The van der Waals surface area contributed by atoms with Gasteiger partial charge in [-0.2, -0.15) is 0 Å². The lowest BCUT2D eigenvalue weighted by molar-refractivity contribution is -0.145. The Labute approximate surface area is 588 Å². The summed E-state index contributed by atoms with van der Waals surface area (Å²) in [5, 5.41) is 0. The van der Waals surface area contributed by atoms with E-state index in [2.05, 4.69) is 27.4 Å². The molecule has 2 N–H and O–H groups in total. The molecule has 8 fully saturated rings. The van der Waals surface area contributed by atoms with E-state index in [4.69, 9.17) is 10.5 Å². The molecule has 8 saturated heterocycles. The third kappa shape index (κ3) is 33.4. The Morgan fingerprint density at radius 3 is 0.781 bits per heavy atom. The first-order valence-electron chi connectivity index (χ1n) is 36.5. The summed E-state index contributed by atoms with van der Waals surface area (Å²) in [6.07, 6.45) is 11.7. The van der Waals surface area contributed by atoms with Crippen molar-refractivity contribution in [3.63, 3.8) is 0 Å². The van der Waals surface area contributed by atoms with Gasteiger partial charge in [0.1, 0.15) is 0 Å². The van der Waals surface area contributed by atoms with Crippen molar-refractivity contribution in [3.8, 4) is 0 Å². The van der Waals surface area contributed by atoms with E-state index in [0.717, 1.165) is 117 Å². The van der Waals surface area contributed by atoms with E-state index in [1.807, 2.05) is 205 Å². The maximum atomic E-state index is 11.9. The van der Waals surface area contributed by atoms with Gasteiger partial charge in [-0.25, -0.2) is 0 Å². The number of hydrogen-bond acceptors (Lipinski definition) is 10. The van der Waals surface area contributed by atoms with Crippen LogP contribution in [-0.4, -0.2) is 204 Å². The molecule has 8 rings (SSSR count). The van der Waals surface area contributed by atoms with Gasteiger partial charge >= 0.3 is 0 Å². The normalized spacial score (nSPS) is 20.4. The molecule has 560 valence electrons. The Balaban J connectivity index is 0.00000107. The number of nitrogens with two attached hydrogens (primary N) is 1. The van der Waals surface area contributed by atoms with E-state index in [1.54, 1.807) is 0 Å². The molecule has 0 bridgehead atoms. The molecule has 0 aliphatic carbocycles. The summed E-state index contributed by atoms with van der Waals surface area (Å²) >= 11 is 0. The van der Waals surface area contributed by atoms with Gasteiger partial charge in [0.2, 0.25) is 47.3 Å². The van der Waals surface area contributed by atoms with Gasteiger partial charge in [-0.15, -0.1) is 0 Å². The highest BCUT2D eigenvalue weighted by atomic mass is 16.5. The molecular weight excluding hydrogens is 1210 g/mol. The summed E-state index contributed by atoms with van der Waals surface area (Å²) in [6.45, 7) is 73.7. The molecule has 96 heavy (non-hydrogen) atoms. The van der Waals surface area contributed by atoms with Gasteiger partial charge in [0.05, 0.1) is 13.2 Å². The van der Waals surface area contributed by atoms with E-state index in [9.17, 15) is 38.4 Å². The quantitative estimate of drug-likeness (QED) is 0.264. The highest BCUT2D eigenvalue weighted by Crippen LogP contribution is 2.29. The van der Waals surface area contributed by atoms with Crippen molar-refractivity contribution >= 4 is 47.3 Å². The molecule has 8 aliphatic rings. The average Bonchev–Trinajstić information content (AvgIpc) is 1.13. The molecular formula is C78H149N9O9. The van der Waals surface area contributed by atoms with Gasteiger partial charge in [-0.3, -0.25) is 38.4 Å². The van der Waals surface area contributed by atoms with E-state index in [1.165, 1.54) is 57.8 Å². The van der Waals surface area contributed by atoms with E-state index >= 15 is 0 Å². The third-order valence-corrected chi connectivity index (χ3v) is 17.7. The first kappa shape index (κ1) is 91.3. The van der Waals surface area contributed by atoms with Crippen LogP contribution < -0.4 is 5.73 Å². The highest BCUT2D eigenvalue weighted by molar-refractivity contribution is 5.85. The number of carbonyl (C=O) groups is 8. The van der Waals surface area contributed by atoms with E-state index < -0.39 is 0 Å². The Morgan fingerprint density at radius 1 is 0.292 bits per heavy atom. The smallest absolute Gasteiger partial charge is 0.228 e. The topological polar surface area (TPSA) is 198 Å². The second-order valence-electron chi connectivity index (χ2n) is 36.6. The minimum Gasteiger partial charge on any atom is -0.402 e. The van der Waals surface area contributed by atoms with Crippen molar-refractivity contribution in [3.05, 3.63) is 12.3 Å². The fourth-order valence-electron chi connectivity index (χ4n) is 11.5. The Kier molecular flexibility index (Phi) is 37.4. The number of piperidine rings is 2. The summed E-state index contributed by atoms with van der Waals surface area (Å²) in [4.78, 5) is 109. The Bertz CT molecular complexity index is 2330. The predicted octanol–water partition coefficient (Wildman–Crippen LogP) is 13.5. The van der Waals surface area contributed by atoms with Crippen LogP contribution in [0.25, 0.3) is 0 Å². The molecule has 0 aromatic carbocycles. The minimum atomic E-state index is -0.287. The number of hydrogen-bond donors (Lipinski definition) is 1. The Morgan fingerprint density at radius 2 is 0.521 bits per heavy atom. The minimum absolute atomic E-state index is 0. The zero-order chi connectivity index (χ0) is 73.6. The van der Waals surface area contributed by atoms with Crippen molar-refractivity contribution in [2.75, 3.05) is 118 Å². The van der Waals surface area contributed by atoms with Crippen molar-refractivity contribution < 1.29 is 43.1 Å². The molecule has 8 amide bonds. The van der Waals surface area contributed by atoms with Crippen LogP contribution in [0.5, 0.6) is 0 Å². The zero-order valence-electron chi connectivity index (χ0n) is 66.1. The Hall–Kier alpha value is -4.74. The monoisotopic (exact) mass is 1360 g/mol. The average molecular weight is 1360 g/mol. The maximum Gasteiger partial charge on any atom is 0.228 e. The standard InChI is InChI=1S/C11H20N2O.C11H21NO.2C10H19NO.C9H17NO2.2C9H17NO.C8H15NO.CH4/c1-8(12)9-5-6-13(7-9)10(14)11(2,3)4;1-9-5-7-12(8-6-9)10(13)11(2,3)4;1-8-5-6-11(7-8)9(12)10(2,3)4;1-10(2,3)9(12)11-7-5-4-6-8-11;1-9(2,3)8(11)10-4-6-12-7-5-10;1-7-5-10(6-7)8(11)9(2,3)4;1-9(2,3)8(11)10-6-4-5-7-10;1-8(2,3)7(10)9-5-4-6-9;/h9H,1,5-7,12H2,2-4H3;9H,5-8H2,1-4H3;8H,5-7H2,1-4H3;4-8H2,1-3H3;4-7H2,1-3H3;7H,5-6H2,1-4H3;4-7H2,1-3H3;4-6H2,1-3H3;1H4. The molecule has 0 aromatic heterocycles. The molecule has 8 aliphatic heterocycles. The van der Waals surface area contributed by atoms with Crippen LogP contribution in [-0.2, 0) is 43.1 Å². The highest BCUT2D eigenvalue weighted by Gasteiger charge is 2.37. The van der Waals surface area contributed by atoms with Crippen LogP contribution in [0.2, 0.25) is 0 Å². The van der Waals surface area contributed by atoms with E-state index in [0.29, 0.717) is 66.2 Å². The molecule has 18 nitrogen and oxygen atoms in total. The second-order valence-corrected chi connectivity index (χ2v) is 36.6. The number of carbonyl (C=O) groups excluding carboxylic acids is 8. The van der Waals surface area contributed by atoms with Crippen LogP contribution >= 0.6 is 0 Å². The SMILES string of the molecule is C.C=C(N)C1CCN(C(=O)C(C)(C)C)C1.CC(C)(C)C(=O)N1CCC1.CC(C)(C)C(=O)N1CCCC1.CC(C)(C)C(=O)N1CCCCC1.CC(C)(C)C(=O)N1CCOCC1.CC1CCN(C(=O)C(C)(C)C)C1.CC1CCN(C(=O)C(C)(C)C)CC1.CC1CN(C(=O)C(C)(C)C)C1. The molecule has 0 spiro atoms. The number of rotatable bonds is 1. The predicted molar refractivity (Wildman–Crippen MR) is 396 cm³/mol. The van der Waals surface area contributed by atoms with Crippen LogP contribution in [0.15, 0.2) is 12.3 Å². The number of nitrogens with zero attached hydrogens (tertiary/aromatic N) is 8. The van der Waals surface area contributed by atoms with Crippen LogP contribution in [0.3, 0.4) is 0 Å². The fourth-order valence-corrected chi connectivity index (χ4v) is 11.5. The van der Waals surface area contributed by atoms with E-state index in [-0.39, 0.29) is 68.5 Å². The third-order valence-electron chi connectivity index (χ3n) is 17.7. The zero-order valence-corrected chi connectivity index (χ0v) is 66.1. The molecule has 18 heteroatoms. The first-order chi connectivity index (χ1) is 43.1. The first-order valence-corrected chi connectivity index (χ1v) is 36.5. The lowest BCUT2D eigenvalue weighted by atomic mass is 9.91. The van der Waals surface area contributed by atoms with Gasteiger partial charge in [0, 0.05) is 160 Å². The van der Waals surface area contributed by atoms with Gasteiger partial charge in [-0.1, -0.05) is 201 Å². The summed E-state index contributed by atoms with van der Waals surface area (Å²) in [6, 6.07) is 0. The molecule has 0 saturated carbocycles. The van der Waals surface area contributed by atoms with Gasteiger partial charge in [0.25, 0.3) is 0 Å². The fraction of sp³-hybridized carbons (Fsp3) is 0.872.